The number of benzene rings is 1. The van der Waals surface area contributed by atoms with Crippen LogP contribution >= 0.6 is 0 Å². The average Bonchev–Trinajstić information content (AvgIpc) is 3.07. The molecular weight excluding hydrogens is 314 g/mol. The third kappa shape index (κ3) is 2.45. The first kappa shape index (κ1) is 15.6. The van der Waals surface area contributed by atoms with Crippen LogP contribution in [-0.2, 0) is 0 Å². The number of H-pyrrole nitrogens is 1. The van der Waals surface area contributed by atoms with Crippen molar-refractivity contribution in [3.8, 4) is 11.3 Å². The number of aryl methyl sites for hydroxylation is 1. The normalized spacial score (nSPS) is 16.6. The Morgan fingerprint density at radius 2 is 2.12 bits per heavy atom. The van der Waals surface area contributed by atoms with E-state index in [1.54, 1.807) is 0 Å². The second-order valence-electron chi connectivity index (χ2n) is 6.41. The molecule has 3 heterocycles. The molecule has 0 saturated heterocycles. The van der Waals surface area contributed by atoms with Gasteiger partial charge in [-0.3, -0.25) is 4.79 Å². The van der Waals surface area contributed by atoms with E-state index in [-0.39, 0.29) is 5.91 Å². The van der Waals surface area contributed by atoms with E-state index in [9.17, 15) is 4.79 Å². The van der Waals surface area contributed by atoms with Gasteiger partial charge in [0, 0.05) is 36.5 Å². The fourth-order valence-corrected chi connectivity index (χ4v) is 3.51. The van der Waals surface area contributed by atoms with Gasteiger partial charge in [0.25, 0.3) is 5.91 Å². The maximum absolute atomic E-state index is 12.2. The number of anilines is 1. The Balaban J connectivity index is 1.92. The van der Waals surface area contributed by atoms with Gasteiger partial charge in [-0.15, -0.1) is 0 Å². The van der Waals surface area contributed by atoms with E-state index in [0.717, 1.165) is 51.5 Å². The van der Waals surface area contributed by atoms with Gasteiger partial charge in [0.15, 0.2) is 0 Å². The second kappa shape index (κ2) is 5.88. The monoisotopic (exact) mass is 335 g/mol. The van der Waals surface area contributed by atoms with Crippen LogP contribution in [0, 0.1) is 6.92 Å². The summed E-state index contributed by atoms with van der Waals surface area (Å²) in [6.45, 7) is 4.76. The maximum Gasteiger partial charge on any atom is 0.253 e. The summed E-state index contributed by atoms with van der Waals surface area (Å²) >= 11 is 0. The summed E-state index contributed by atoms with van der Waals surface area (Å²) in [6.07, 6.45) is 0.978. The molecule has 3 aromatic rings. The molecule has 6 nitrogen and oxygen atoms in total. The zero-order valence-electron chi connectivity index (χ0n) is 14.6. The summed E-state index contributed by atoms with van der Waals surface area (Å²) in [4.78, 5) is 25.1. The molecule has 4 rings (SSSR count). The fraction of sp³-hybridized carbons (Fsp3) is 0.316. The molecule has 0 saturated carbocycles. The number of rotatable bonds is 3. The lowest BCUT2D eigenvalue weighted by molar-refractivity contribution is 0.0939. The topological polar surface area (TPSA) is 82.7 Å². The summed E-state index contributed by atoms with van der Waals surface area (Å²) in [7, 11) is 1.84. The van der Waals surface area contributed by atoms with Crippen LogP contribution in [0.25, 0.3) is 22.3 Å². The first-order chi connectivity index (χ1) is 12.1. The number of carbonyl (C=O) groups excluding carboxylic acids is 1. The number of nitrogens with one attached hydrogen (secondary N) is 3. The van der Waals surface area contributed by atoms with E-state index >= 15 is 0 Å². The Hall–Kier alpha value is -2.89. The quantitative estimate of drug-likeness (QED) is 0.686. The lowest BCUT2D eigenvalue weighted by Crippen LogP contribution is -2.34. The molecule has 0 spiro atoms. The van der Waals surface area contributed by atoms with Gasteiger partial charge < -0.3 is 15.6 Å². The van der Waals surface area contributed by atoms with E-state index in [1.165, 1.54) is 0 Å². The van der Waals surface area contributed by atoms with Crippen LogP contribution in [0.1, 0.15) is 41.0 Å². The van der Waals surface area contributed by atoms with Crippen molar-refractivity contribution in [3.63, 3.8) is 0 Å². The molecule has 0 aliphatic carbocycles. The molecule has 1 amide bonds. The van der Waals surface area contributed by atoms with Crippen LogP contribution in [-0.4, -0.2) is 34.5 Å². The van der Waals surface area contributed by atoms with Crippen molar-refractivity contribution >= 4 is 22.8 Å². The van der Waals surface area contributed by atoms with Crippen molar-refractivity contribution in [2.75, 3.05) is 18.9 Å². The van der Waals surface area contributed by atoms with Gasteiger partial charge in [-0.1, -0.05) is 19.1 Å². The van der Waals surface area contributed by atoms with Crippen molar-refractivity contribution in [2.24, 2.45) is 0 Å². The minimum Gasteiger partial charge on any atom is -0.372 e. The van der Waals surface area contributed by atoms with E-state index in [2.05, 4.69) is 27.5 Å². The second-order valence-corrected chi connectivity index (χ2v) is 6.41. The third-order valence-electron chi connectivity index (χ3n) is 4.90. The van der Waals surface area contributed by atoms with Gasteiger partial charge in [0.1, 0.15) is 11.3 Å². The van der Waals surface area contributed by atoms with Crippen LogP contribution in [0.3, 0.4) is 0 Å². The van der Waals surface area contributed by atoms with Crippen LogP contribution in [0.2, 0.25) is 0 Å². The molecule has 0 fully saturated rings. The fourth-order valence-electron chi connectivity index (χ4n) is 3.51. The van der Waals surface area contributed by atoms with Gasteiger partial charge >= 0.3 is 0 Å². The van der Waals surface area contributed by atoms with E-state index in [1.807, 2.05) is 38.2 Å². The summed E-state index contributed by atoms with van der Waals surface area (Å²) < 4.78 is 0. The molecule has 128 valence electrons. The molecule has 6 heteroatoms. The SMILES string of the molecule is CCC1CNC(=O)c2cc(-c3cccc4nc(C)c(NC)nc34)[nH]c21. The lowest BCUT2D eigenvalue weighted by Gasteiger charge is -2.21. The molecular formula is C19H21N5O. The number of hydrogen-bond donors (Lipinski definition) is 3. The lowest BCUT2D eigenvalue weighted by atomic mass is 9.95. The van der Waals surface area contributed by atoms with Gasteiger partial charge in [-0.05, 0) is 25.5 Å². The summed E-state index contributed by atoms with van der Waals surface area (Å²) in [6, 6.07) is 7.88. The van der Waals surface area contributed by atoms with Gasteiger partial charge in [-0.25, -0.2) is 9.97 Å². The zero-order chi connectivity index (χ0) is 17.6. The molecule has 25 heavy (non-hydrogen) atoms. The van der Waals surface area contributed by atoms with Gasteiger partial charge in [0.05, 0.1) is 16.8 Å². The zero-order valence-corrected chi connectivity index (χ0v) is 14.6. The highest BCUT2D eigenvalue weighted by molar-refractivity contribution is 6.00. The molecule has 0 bridgehead atoms. The van der Waals surface area contributed by atoms with Crippen LogP contribution in [0.15, 0.2) is 24.3 Å². The standard InChI is InChI=1S/C19H21N5O/c1-4-11-9-21-19(25)13-8-15(23-16(11)13)12-6-5-7-14-17(12)24-18(20-3)10(2)22-14/h5-8,11,23H,4,9H2,1-3H3,(H,20,24)(H,21,25). The third-order valence-corrected chi connectivity index (χ3v) is 4.90. The van der Waals surface area contributed by atoms with Crippen molar-refractivity contribution in [2.45, 2.75) is 26.2 Å². The number of fused-ring (bicyclic) bond motifs is 2. The number of amides is 1. The van der Waals surface area contributed by atoms with E-state index < -0.39 is 0 Å². The summed E-state index contributed by atoms with van der Waals surface area (Å²) in [5, 5.41) is 6.06. The first-order valence-corrected chi connectivity index (χ1v) is 8.59. The van der Waals surface area contributed by atoms with Crippen LogP contribution < -0.4 is 10.6 Å². The largest absolute Gasteiger partial charge is 0.372 e. The molecule has 1 atom stereocenters. The predicted octanol–water partition coefficient (Wildman–Crippen LogP) is 3.21. The molecule has 1 aromatic carbocycles. The van der Waals surface area contributed by atoms with Crippen LogP contribution in [0.4, 0.5) is 5.82 Å². The number of nitrogens with zero attached hydrogens (tertiary/aromatic N) is 2. The van der Waals surface area contributed by atoms with Crippen molar-refractivity contribution in [3.05, 3.63) is 41.2 Å². The molecule has 3 N–H and O–H groups in total. The smallest absolute Gasteiger partial charge is 0.253 e. The van der Waals surface area contributed by atoms with Gasteiger partial charge in [-0.2, -0.15) is 0 Å². The molecule has 0 radical (unpaired) electrons. The molecule has 1 unspecified atom stereocenters. The Bertz CT molecular complexity index is 975. The van der Waals surface area contributed by atoms with Crippen LogP contribution in [0.5, 0.6) is 0 Å². The van der Waals surface area contributed by atoms with Gasteiger partial charge in [0.2, 0.25) is 0 Å². The number of para-hydroxylation sites is 1. The minimum atomic E-state index is -0.0136. The highest BCUT2D eigenvalue weighted by Crippen LogP contribution is 2.33. The maximum atomic E-state index is 12.2. The number of carbonyl (C=O) groups is 1. The Labute approximate surface area is 146 Å². The minimum absolute atomic E-state index is 0.0136. The molecule has 1 aliphatic heterocycles. The number of aromatic nitrogens is 3. The highest BCUT2D eigenvalue weighted by Gasteiger charge is 2.27. The number of aromatic amines is 1. The molecule has 1 aliphatic rings. The average molecular weight is 335 g/mol. The predicted molar refractivity (Wildman–Crippen MR) is 99.0 cm³/mol. The summed E-state index contributed by atoms with van der Waals surface area (Å²) in [5.41, 5.74) is 6.15. The van der Waals surface area contributed by atoms with E-state index in [4.69, 9.17) is 4.98 Å². The van der Waals surface area contributed by atoms with Crippen molar-refractivity contribution in [1.82, 2.24) is 20.3 Å². The van der Waals surface area contributed by atoms with Crippen molar-refractivity contribution in [1.29, 1.82) is 0 Å². The Morgan fingerprint density at radius 3 is 2.88 bits per heavy atom. The number of hydrogen-bond acceptors (Lipinski definition) is 4. The first-order valence-electron chi connectivity index (χ1n) is 8.59. The Morgan fingerprint density at radius 1 is 1.28 bits per heavy atom. The Kier molecular flexibility index (Phi) is 3.67. The highest BCUT2D eigenvalue weighted by atomic mass is 16.1. The molecule has 2 aromatic heterocycles. The summed E-state index contributed by atoms with van der Waals surface area (Å²) in [5.74, 6) is 1.07. The van der Waals surface area contributed by atoms with Crippen molar-refractivity contribution < 1.29 is 4.79 Å². The van der Waals surface area contributed by atoms with E-state index in [0.29, 0.717) is 12.5 Å².